The Balaban J connectivity index is 2.69. The van der Waals surface area contributed by atoms with Crippen molar-refractivity contribution >= 4 is 5.91 Å². The van der Waals surface area contributed by atoms with Crippen LogP contribution in [0, 0.1) is 5.92 Å². The number of benzene rings is 1. The van der Waals surface area contributed by atoms with Gasteiger partial charge in [-0.3, -0.25) is 4.79 Å². The molecule has 3 nitrogen and oxygen atoms in total. The van der Waals surface area contributed by atoms with Crippen LogP contribution in [0.1, 0.15) is 25.8 Å². The van der Waals surface area contributed by atoms with Crippen LogP contribution in [0.25, 0.3) is 0 Å². The fourth-order valence-electron chi connectivity index (χ4n) is 1.71. The van der Waals surface area contributed by atoms with E-state index < -0.39 is 0 Å². The quantitative estimate of drug-likeness (QED) is 0.818. The molecule has 0 saturated carbocycles. The lowest BCUT2D eigenvalue weighted by molar-refractivity contribution is -0.135. The first kappa shape index (κ1) is 13.7. The molecule has 1 amide bonds. The normalized spacial score (nSPS) is 12.2. The molecule has 1 rings (SSSR count). The van der Waals surface area contributed by atoms with Crippen molar-refractivity contribution in [2.45, 2.75) is 26.8 Å². The van der Waals surface area contributed by atoms with Crippen LogP contribution in [0.15, 0.2) is 30.3 Å². The van der Waals surface area contributed by atoms with Gasteiger partial charge in [0.1, 0.15) is 0 Å². The second-order valence-electron chi connectivity index (χ2n) is 4.34. The Kier molecular flexibility index (Phi) is 5.70. The number of hydrogen-bond donors (Lipinski definition) is 1. The Morgan fingerprint density at radius 1 is 1.35 bits per heavy atom. The summed E-state index contributed by atoms with van der Waals surface area (Å²) in [6.07, 6.45) is 0.870. The summed E-state index contributed by atoms with van der Waals surface area (Å²) in [6.45, 7) is 5.79. The number of nitrogens with zero attached hydrogens (tertiary/aromatic N) is 1. The number of nitrogens with two attached hydrogens (primary N) is 1. The summed E-state index contributed by atoms with van der Waals surface area (Å²) in [5.74, 6) is 0.270. The third kappa shape index (κ3) is 4.19. The van der Waals surface area contributed by atoms with E-state index in [2.05, 4.69) is 0 Å². The molecule has 3 heteroatoms. The zero-order valence-electron chi connectivity index (χ0n) is 10.7. The van der Waals surface area contributed by atoms with Crippen LogP contribution in [0.4, 0.5) is 0 Å². The van der Waals surface area contributed by atoms with Crippen molar-refractivity contribution in [1.29, 1.82) is 0 Å². The second kappa shape index (κ2) is 7.07. The summed E-state index contributed by atoms with van der Waals surface area (Å²) in [4.78, 5) is 14.0. The highest BCUT2D eigenvalue weighted by Gasteiger charge is 2.18. The maximum Gasteiger partial charge on any atom is 0.225 e. The lowest BCUT2D eigenvalue weighted by Gasteiger charge is -2.25. The van der Waals surface area contributed by atoms with Gasteiger partial charge in [0.25, 0.3) is 0 Å². The summed E-state index contributed by atoms with van der Waals surface area (Å²) < 4.78 is 0. The molecule has 17 heavy (non-hydrogen) atoms. The van der Waals surface area contributed by atoms with Crippen LogP contribution in [-0.2, 0) is 11.3 Å². The summed E-state index contributed by atoms with van der Waals surface area (Å²) >= 11 is 0. The van der Waals surface area contributed by atoms with Crippen molar-refractivity contribution in [1.82, 2.24) is 4.90 Å². The molecule has 1 unspecified atom stereocenters. The first-order chi connectivity index (χ1) is 8.19. The molecule has 1 atom stereocenters. The van der Waals surface area contributed by atoms with Gasteiger partial charge in [0.15, 0.2) is 0 Å². The van der Waals surface area contributed by atoms with Crippen molar-refractivity contribution in [3.05, 3.63) is 35.9 Å². The fourth-order valence-corrected chi connectivity index (χ4v) is 1.71. The average molecular weight is 234 g/mol. The lowest BCUT2D eigenvalue weighted by Crippen LogP contribution is -2.38. The van der Waals surface area contributed by atoms with Crippen LogP contribution >= 0.6 is 0 Å². The van der Waals surface area contributed by atoms with Crippen molar-refractivity contribution in [2.75, 3.05) is 13.1 Å². The molecule has 0 aromatic heterocycles. The zero-order valence-corrected chi connectivity index (χ0v) is 10.7. The van der Waals surface area contributed by atoms with E-state index in [9.17, 15) is 4.79 Å². The van der Waals surface area contributed by atoms with Gasteiger partial charge in [-0.2, -0.15) is 0 Å². The maximum atomic E-state index is 12.1. The number of carbonyl (C=O) groups is 1. The number of rotatable bonds is 6. The van der Waals surface area contributed by atoms with Gasteiger partial charge in [0.2, 0.25) is 5.91 Å². The van der Waals surface area contributed by atoms with Crippen molar-refractivity contribution in [3.8, 4) is 0 Å². The fraction of sp³-hybridized carbons (Fsp3) is 0.500. The minimum Gasteiger partial charge on any atom is -0.337 e. The van der Waals surface area contributed by atoms with Gasteiger partial charge in [-0.25, -0.2) is 0 Å². The molecule has 1 aromatic rings. The van der Waals surface area contributed by atoms with E-state index in [1.807, 2.05) is 49.1 Å². The molecular formula is C14H22N2O. The van der Waals surface area contributed by atoms with Crippen LogP contribution in [0.5, 0.6) is 0 Å². The molecule has 0 spiro atoms. The summed E-state index contributed by atoms with van der Waals surface area (Å²) in [6, 6.07) is 10.0. The molecule has 0 aliphatic rings. The second-order valence-corrected chi connectivity index (χ2v) is 4.34. The molecule has 0 saturated heterocycles. The lowest BCUT2D eigenvalue weighted by atomic mass is 10.1. The minimum atomic E-state index is 0.0743. The van der Waals surface area contributed by atoms with E-state index in [4.69, 9.17) is 5.73 Å². The van der Waals surface area contributed by atoms with Crippen LogP contribution < -0.4 is 5.73 Å². The molecule has 0 aliphatic heterocycles. The SMILES string of the molecule is CCC(C)C(=O)N(CCN)Cc1ccccc1. The highest BCUT2D eigenvalue weighted by molar-refractivity contribution is 5.78. The molecule has 0 aliphatic carbocycles. The Hall–Kier alpha value is -1.35. The molecule has 0 heterocycles. The number of hydrogen-bond acceptors (Lipinski definition) is 2. The molecule has 1 aromatic carbocycles. The molecule has 0 radical (unpaired) electrons. The van der Waals surface area contributed by atoms with Crippen molar-refractivity contribution in [2.24, 2.45) is 11.7 Å². The van der Waals surface area contributed by atoms with E-state index in [1.54, 1.807) is 0 Å². The standard InChI is InChI=1S/C14H22N2O/c1-3-12(2)14(17)16(10-9-15)11-13-7-5-4-6-8-13/h4-8,12H,3,9-11,15H2,1-2H3. The van der Waals surface area contributed by atoms with Gasteiger partial charge < -0.3 is 10.6 Å². The number of amides is 1. The van der Waals surface area contributed by atoms with E-state index in [0.717, 1.165) is 12.0 Å². The Labute approximate surface area is 104 Å². The highest BCUT2D eigenvalue weighted by atomic mass is 16.2. The Bertz CT molecular complexity index is 337. The Morgan fingerprint density at radius 2 is 2.00 bits per heavy atom. The van der Waals surface area contributed by atoms with Crippen LogP contribution in [0.3, 0.4) is 0 Å². The van der Waals surface area contributed by atoms with E-state index in [1.165, 1.54) is 0 Å². The van der Waals surface area contributed by atoms with E-state index in [-0.39, 0.29) is 11.8 Å². The van der Waals surface area contributed by atoms with Crippen LogP contribution in [0.2, 0.25) is 0 Å². The van der Waals surface area contributed by atoms with Crippen LogP contribution in [-0.4, -0.2) is 23.9 Å². The minimum absolute atomic E-state index is 0.0743. The third-order valence-corrected chi connectivity index (χ3v) is 2.96. The predicted molar refractivity (Wildman–Crippen MR) is 70.4 cm³/mol. The first-order valence-corrected chi connectivity index (χ1v) is 6.21. The maximum absolute atomic E-state index is 12.1. The van der Waals surface area contributed by atoms with Gasteiger partial charge in [0.05, 0.1) is 0 Å². The predicted octanol–water partition coefficient (Wildman–Crippen LogP) is 2.02. The monoisotopic (exact) mass is 234 g/mol. The molecule has 2 N–H and O–H groups in total. The van der Waals surface area contributed by atoms with Gasteiger partial charge in [0, 0.05) is 25.6 Å². The van der Waals surface area contributed by atoms with E-state index >= 15 is 0 Å². The third-order valence-electron chi connectivity index (χ3n) is 2.96. The molecule has 94 valence electrons. The van der Waals surface area contributed by atoms with E-state index in [0.29, 0.717) is 19.6 Å². The smallest absolute Gasteiger partial charge is 0.225 e. The van der Waals surface area contributed by atoms with Crippen molar-refractivity contribution in [3.63, 3.8) is 0 Å². The largest absolute Gasteiger partial charge is 0.337 e. The summed E-state index contributed by atoms with van der Waals surface area (Å²) in [7, 11) is 0. The molecule has 0 bridgehead atoms. The Morgan fingerprint density at radius 3 is 2.53 bits per heavy atom. The summed E-state index contributed by atoms with van der Waals surface area (Å²) in [5.41, 5.74) is 6.72. The zero-order chi connectivity index (χ0) is 12.7. The molecular weight excluding hydrogens is 212 g/mol. The highest BCUT2D eigenvalue weighted by Crippen LogP contribution is 2.10. The topological polar surface area (TPSA) is 46.3 Å². The van der Waals surface area contributed by atoms with Gasteiger partial charge in [-0.1, -0.05) is 44.2 Å². The average Bonchev–Trinajstić information content (AvgIpc) is 2.37. The summed E-state index contributed by atoms with van der Waals surface area (Å²) in [5, 5.41) is 0. The van der Waals surface area contributed by atoms with Gasteiger partial charge in [-0.15, -0.1) is 0 Å². The van der Waals surface area contributed by atoms with Gasteiger partial charge >= 0.3 is 0 Å². The first-order valence-electron chi connectivity index (χ1n) is 6.21. The number of carbonyl (C=O) groups excluding carboxylic acids is 1. The molecule has 0 fully saturated rings. The van der Waals surface area contributed by atoms with Crippen molar-refractivity contribution < 1.29 is 4.79 Å². The van der Waals surface area contributed by atoms with Gasteiger partial charge in [-0.05, 0) is 12.0 Å².